The van der Waals surface area contributed by atoms with E-state index >= 15 is 0 Å². The number of benzene rings is 1. The minimum absolute atomic E-state index is 0.604. The number of thiazole rings is 1. The molecule has 0 bridgehead atoms. The van der Waals surface area contributed by atoms with E-state index in [1.165, 1.54) is 4.88 Å². The molecule has 0 saturated carbocycles. The topological polar surface area (TPSA) is 60.2 Å². The second-order valence-corrected chi connectivity index (χ2v) is 5.90. The maximum atomic E-state index is 5.89. The molecule has 2 aromatic heterocycles. The quantitative estimate of drug-likeness (QED) is 0.709. The predicted molar refractivity (Wildman–Crippen MR) is 86.1 cm³/mol. The Hall–Kier alpha value is -2.05. The van der Waals surface area contributed by atoms with Crippen LogP contribution in [0.3, 0.4) is 0 Å². The molecule has 0 radical (unpaired) electrons. The third kappa shape index (κ3) is 2.61. The van der Waals surface area contributed by atoms with Crippen LogP contribution in [0, 0.1) is 0 Å². The van der Waals surface area contributed by atoms with Crippen molar-refractivity contribution in [2.24, 2.45) is 0 Å². The molecule has 3 N–H and O–H groups in total. The van der Waals surface area contributed by atoms with Crippen LogP contribution in [0.2, 0.25) is 0 Å². The smallest absolute Gasteiger partial charge is 0.187 e. The lowest BCUT2D eigenvalue weighted by atomic mass is 10.2. The highest BCUT2D eigenvalue weighted by Gasteiger charge is 2.06. The van der Waals surface area contributed by atoms with Gasteiger partial charge in [-0.1, -0.05) is 6.07 Å². The van der Waals surface area contributed by atoms with Gasteiger partial charge in [-0.15, -0.1) is 22.7 Å². The second-order valence-electron chi connectivity index (χ2n) is 4.10. The van der Waals surface area contributed by atoms with Gasteiger partial charge in [0.2, 0.25) is 0 Å². The van der Waals surface area contributed by atoms with Crippen LogP contribution in [0.15, 0.2) is 41.1 Å². The third-order valence-electron chi connectivity index (χ3n) is 2.76. The van der Waals surface area contributed by atoms with Gasteiger partial charge in [-0.25, -0.2) is 4.98 Å². The van der Waals surface area contributed by atoms with E-state index in [1.54, 1.807) is 29.8 Å². The molecule has 20 heavy (non-hydrogen) atoms. The molecule has 3 rings (SSSR count). The average molecular weight is 303 g/mol. The zero-order chi connectivity index (χ0) is 13.9. The first-order valence-electron chi connectivity index (χ1n) is 5.96. The van der Waals surface area contributed by atoms with Crippen molar-refractivity contribution < 1.29 is 4.74 Å². The van der Waals surface area contributed by atoms with Crippen molar-refractivity contribution in [3.63, 3.8) is 0 Å². The van der Waals surface area contributed by atoms with E-state index in [9.17, 15) is 0 Å². The van der Waals surface area contributed by atoms with E-state index < -0.39 is 0 Å². The lowest BCUT2D eigenvalue weighted by molar-refractivity contribution is 0.417. The molecular formula is C14H13N3OS2. The Morgan fingerprint density at radius 1 is 1.25 bits per heavy atom. The van der Waals surface area contributed by atoms with Gasteiger partial charge in [0, 0.05) is 11.1 Å². The van der Waals surface area contributed by atoms with Crippen LogP contribution >= 0.6 is 22.7 Å². The molecule has 0 aliphatic heterocycles. The number of nitrogens with two attached hydrogens (primary N) is 1. The number of ether oxygens (including phenoxy) is 1. The second kappa shape index (κ2) is 5.52. The molecule has 102 valence electrons. The minimum atomic E-state index is 0.604. The summed E-state index contributed by atoms with van der Waals surface area (Å²) in [6.45, 7) is 0. The standard InChI is InChI=1S/C14H13N3OS2/c1-18-12-5-4-9(7-10(12)15)16-14-17-11(8-20-14)13-3-2-6-19-13/h2-8H,15H2,1H3,(H,16,17). The molecule has 0 aliphatic carbocycles. The highest BCUT2D eigenvalue weighted by Crippen LogP contribution is 2.31. The van der Waals surface area contributed by atoms with Gasteiger partial charge in [-0.05, 0) is 29.6 Å². The van der Waals surface area contributed by atoms with Gasteiger partial charge in [0.25, 0.3) is 0 Å². The number of aromatic nitrogens is 1. The summed E-state index contributed by atoms with van der Waals surface area (Å²) in [6, 6.07) is 9.68. The van der Waals surface area contributed by atoms with Crippen LogP contribution in [0.4, 0.5) is 16.5 Å². The first kappa shape index (κ1) is 13.0. The summed E-state index contributed by atoms with van der Waals surface area (Å²) in [5.41, 5.74) is 8.38. The van der Waals surface area contributed by atoms with Crippen molar-refractivity contribution in [3.05, 3.63) is 41.1 Å². The zero-order valence-corrected chi connectivity index (χ0v) is 12.4. The number of nitrogens with zero attached hydrogens (tertiary/aromatic N) is 1. The Balaban J connectivity index is 1.80. The molecule has 1 aromatic carbocycles. The van der Waals surface area contributed by atoms with Crippen molar-refractivity contribution in [1.82, 2.24) is 4.98 Å². The first-order valence-corrected chi connectivity index (χ1v) is 7.72. The number of anilines is 3. The van der Waals surface area contributed by atoms with E-state index in [0.29, 0.717) is 11.4 Å². The fourth-order valence-corrected chi connectivity index (χ4v) is 3.30. The van der Waals surface area contributed by atoms with E-state index in [4.69, 9.17) is 10.5 Å². The van der Waals surface area contributed by atoms with Gasteiger partial charge >= 0.3 is 0 Å². The van der Waals surface area contributed by atoms with Crippen molar-refractivity contribution in [1.29, 1.82) is 0 Å². The van der Waals surface area contributed by atoms with Gasteiger partial charge in [-0.3, -0.25) is 0 Å². The average Bonchev–Trinajstić information content (AvgIpc) is 3.09. The summed E-state index contributed by atoms with van der Waals surface area (Å²) in [5.74, 6) is 0.675. The van der Waals surface area contributed by atoms with Gasteiger partial charge in [-0.2, -0.15) is 0 Å². The lowest BCUT2D eigenvalue weighted by Crippen LogP contribution is -1.95. The predicted octanol–water partition coefficient (Wildman–Crippen LogP) is 4.21. The number of nitrogen functional groups attached to an aromatic ring is 1. The molecule has 3 aromatic rings. The fourth-order valence-electron chi connectivity index (χ4n) is 1.80. The molecule has 0 spiro atoms. The molecule has 4 nitrogen and oxygen atoms in total. The summed E-state index contributed by atoms with van der Waals surface area (Å²) in [7, 11) is 1.60. The van der Waals surface area contributed by atoms with Gasteiger partial charge in [0.15, 0.2) is 5.13 Å². The molecule has 0 fully saturated rings. The van der Waals surface area contributed by atoms with Crippen molar-refractivity contribution in [3.8, 4) is 16.3 Å². The summed E-state index contributed by atoms with van der Waals surface area (Å²) < 4.78 is 5.14. The monoisotopic (exact) mass is 303 g/mol. The van der Waals surface area contributed by atoms with Gasteiger partial charge in [0.05, 0.1) is 23.4 Å². The van der Waals surface area contributed by atoms with Gasteiger partial charge < -0.3 is 15.8 Å². The largest absolute Gasteiger partial charge is 0.495 e. The molecule has 0 saturated heterocycles. The summed E-state index contributed by atoms with van der Waals surface area (Å²) in [4.78, 5) is 5.74. The van der Waals surface area contributed by atoms with E-state index in [0.717, 1.165) is 16.5 Å². The lowest BCUT2D eigenvalue weighted by Gasteiger charge is -2.07. The molecule has 0 unspecified atom stereocenters. The normalized spacial score (nSPS) is 10.4. The van der Waals surface area contributed by atoms with Gasteiger partial charge in [0.1, 0.15) is 5.75 Å². The van der Waals surface area contributed by atoms with E-state index in [1.807, 2.05) is 35.0 Å². The van der Waals surface area contributed by atoms with Crippen molar-refractivity contribution in [2.75, 3.05) is 18.2 Å². The first-order chi connectivity index (χ1) is 9.76. The van der Waals surface area contributed by atoms with E-state index in [2.05, 4.69) is 16.4 Å². The molecule has 0 atom stereocenters. The Kier molecular flexibility index (Phi) is 3.58. The van der Waals surface area contributed by atoms with E-state index in [-0.39, 0.29) is 0 Å². The number of thiophene rings is 1. The summed E-state index contributed by atoms with van der Waals surface area (Å²) >= 11 is 3.25. The number of rotatable bonds is 4. The number of hydrogen-bond acceptors (Lipinski definition) is 6. The van der Waals surface area contributed by atoms with Crippen LogP contribution in [-0.4, -0.2) is 12.1 Å². The minimum Gasteiger partial charge on any atom is -0.495 e. The Labute approximate surface area is 124 Å². The van der Waals surface area contributed by atoms with Crippen molar-refractivity contribution >= 4 is 39.2 Å². The molecule has 2 heterocycles. The molecular weight excluding hydrogens is 290 g/mol. The molecule has 0 amide bonds. The highest BCUT2D eigenvalue weighted by atomic mass is 32.1. The van der Waals surface area contributed by atoms with Crippen LogP contribution < -0.4 is 15.8 Å². The Bertz CT molecular complexity index is 707. The highest BCUT2D eigenvalue weighted by molar-refractivity contribution is 7.16. The fraction of sp³-hybridized carbons (Fsp3) is 0.0714. The third-order valence-corrected chi connectivity index (χ3v) is 4.41. The van der Waals surface area contributed by atoms with Crippen LogP contribution in [0.5, 0.6) is 5.75 Å². The zero-order valence-electron chi connectivity index (χ0n) is 10.8. The Morgan fingerprint density at radius 3 is 2.85 bits per heavy atom. The van der Waals surface area contributed by atoms with Crippen LogP contribution in [0.25, 0.3) is 10.6 Å². The number of methoxy groups -OCH3 is 1. The van der Waals surface area contributed by atoms with Crippen LogP contribution in [0.1, 0.15) is 0 Å². The summed E-state index contributed by atoms with van der Waals surface area (Å²) in [5, 5.41) is 8.19. The van der Waals surface area contributed by atoms with Crippen LogP contribution in [-0.2, 0) is 0 Å². The SMILES string of the molecule is COc1ccc(Nc2nc(-c3cccs3)cs2)cc1N. The summed E-state index contributed by atoms with van der Waals surface area (Å²) in [6.07, 6.45) is 0. The maximum Gasteiger partial charge on any atom is 0.187 e. The maximum absolute atomic E-state index is 5.89. The number of hydrogen-bond donors (Lipinski definition) is 2. The molecule has 6 heteroatoms. The van der Waals surface area contributed by atoms with Crippen molar-refractivity contribution in [2.45, 2.75) is 0 Å². The number of nitrogens with one attached hydrogen (secondary N) is 1. The Morgan fingerprint density at radius 2 is 2.15 bits per heavy atom. The molecule has 0 aliphatic rings.